The highest BCUT2D eigenvalue weighted by Gasteiger charge is 2.41. The van der Waals surface area contributed by atoms with Gasteiger partial charge in [0.2, 0.25) is 0 Å². The van der Waals surface area contributed by atoms with Gasteiger partial charge in [-0.2, -0.15) is 0 Å². The molecule has 0 aromatic carbocycles. The van der Waals surface area contributed by atoms with Crippen LogP contribution in [0.2, 0.25) is 0 Å². The summed E-state index contributed by atoms with van der Waals surface area (Å²) < 4.78 is 1.05. The average Bonchev–Trinajstić information content (AvgIpc) is 2.86. The van der Waals surface area contributed by atoms with Crippen molar-refractivity contribution in [1.82, 2.24) is 0 Å². The molecular formula is C14H19BrOS. The summed E-state index contributed by atoms with van der Waals surface area (Å²) in [4.78, 5) is 13.6. The molecular weight excluding hydrogens is 296 g/mol. The molecule has 0 radical (unpaired) electrons. The molecule has 0 N–H and O–H groups in total. The minimum Gasteiger partial charge on any atom is -0.293 e. The third kappa shape index (κ3) is 2.82. The summed E-state index contributed by atoms with van der Waals surface area (Å²) in [7, 11) is 0. The fraction of sp³-hybridized carbons (Fsp3) is 0.643. The van der Waals surface area contributed by atoms with Gasteiger partial charge in [-0.15, -0.1) is 11.3 Å². The standard InChI is InChI=1S/C14H19BrOS/c1-10(2)9-14(7-3-4-8-14)13(16)11-5-6-12(15)17-11/h5-6,10H,3-4,7-9H2,1-2H3. The highest BCUT2D eigenvalue weighted by molar-refractivity contribution is 9.11. The molecule has 3 heteroatoms. The van der Waals surface area contributed by atoms with Crippen molar-refractivity contribution in [3.8, 4) is 0 Å². The molecule has 0 unspecified atom stereocenters. The largest absolute Gasteiger partial charge is 0.293 e. The molecule has 0 aliphatic heterocycles. The third-order valence-corrected chi connectivity index (χ3v) is 5.26. The summed E-state index contributed by atoms with van der Waals surface area (Å²) in [5.41, 5.74) is -0.0571. The number of hydrogen-bond donors (Lipinski definition) is 0. The predicted molar refractivity (Wildman–Crippen MR) is 76.7 cm³/mol. The van der Waals surface area contributed by atoms with Crippen LogP contribution < -0.4 is 0 Å². The minimum absolute atomic E-state index is 0.0571. The monoisotopic (exact) mass is 314 g/mol. The lowest BCUT2D eigenvalue weighted by atomic mass is 9.74. The zero-order chi connectivity index (χ0) is 12.5. The van der Waals surface area contributed by atoms with Gasteiger partial charge < -0.3 is 0 Å². The Morgan fingerprint density at radius 1 is 1.41 bits per heavy atom. The van der Waals surface area contributed by atoms with E-state index in [2.05, 4.69) is 29.8 Å². The lowest BCUT2D eigenvalue weighted by Gasteiger charge is -2.28. The van der Waals surface area contributed by atoms with Crippen molar-refractivity contribution in [2.75, 3.05) is 0 Å². The molecule has 94 valence electrons. The molecule has 17 heavy (non-hydrogen) atoms. The summed E-state index contributed by atoms with van der Waals surface area (Å²) in [5.74, 6) is 0.986. The van der Waals surface area contributed by atoms with Gasteiger partial charge in [-0.3, -0.25) is 4.79 Å². The van der Waals surface area contributed by atoms with Gasteiger partial charge in [-0.05, 0) is 53.2 Å². The highest BCUT2D eigenvalue weighted by Crippen LogP contribution is 2.46. The second kappa shape index (κ2) is 5.23. The molecule has 0 amide bonds. The lowest BCUT2D eigenvalue weighted by molar-refractivity contribution is 0.0764. The van der Waals surface area contributed by atoms with Crippen LogP contribution in [-0.2, 0) is 0 Å². The van der Waals surface area contributed by atoms with Crippen LogP contribution in [0.5, 0.6) is 0 Å². The van der Waals surface area contributed by atoms with Gasteiger partial charge in [0.05, 0.1) is 8.66 Å². The van der Waals surface area contributed by atoms with Crippen LogP contribution >= 0.6 is 27.3 Å². The molecule has 0 spiro atoms. The van der Waals surface area contributed by atoms with Gasteiger partial charge in [0, 0.05) is 5.41 Å². The van der Waals surface area contributed by atoms with Gasteiger partial charge in [0.1, 0.15) is 0 Å². The zero-order valence-corrected chi connectivity index (χ0v) is 12.9. The molecule has 0 bridgehead atoms. The first-order chi connectivity index (χ1) is 8.03. The first kappa shape index (κ1) is 13.3. The first-order valence-electron chi connectivity index (χ1n) is 6.34. The molecule has 1 nitrogen and oxygen atoms in total. The van der Waals surface area contributed by atoms with Crippen molar-refractivity contribution in [2.24, 2.45) is 11.3 Å². The van der Waals surface area contributed by atoms with Crippen molar-refractivity contribution in [3.05, 3.63) is 20.8 Å². The Balaban J connectivity index is 2.24. The summed E-state index contributed by atoms with van der Waals surface area (Å²) in [6.07, 6.45) is 5.64. The van der Waals surface area contributed by atoms with Crippen LogP contribution in [0.4, 0.5) is 0 Å². The van der Waals surface area contributed by atoms with E-state index in [1.54, 1.807) is 11.3 Å². The summed E-state index contributed by atoms with van der Waals surface area (Å²) >= 11 is 5.02. The van der Waals surface area contributed by atoms with Crippen LogP contribution in [0.25, 0.3) is 0 Å². The second-order valence-electron chi connectivity index (χ2n) is 5.52. The molecule has 1 aliphatic carbocycles. The first-order valence-corrected chi connectivity index (χ1v) is 7.95. The SMILES string of the molecule is CC(C)CC1(C(=O)c2ccc(Br)s2)CCCC1. The van der Waals surface area contributed by atoms with Crippen LogP contribution in [-0.4, -0.2) is 5.78 Å². The van der Waals surface area contributed by atoms with E-state index in [0.717, 1.165) is 27.9 Å². The number of thiophene rings is 1. The second-order valence-corrected chi connectivity index (χ2v) is 7.98. The summed E-state index contributed by atoms with van der Waals surface area (Å²) in [6, 6.07) is 3.95. The summed E-state index contributed by atoms with van der Waals surface area (Å²) in [5, 5.41) is 0. The van der Waals surface area contributed by atoms with Crippen LogP contribution in [0.15, 0.2) is 15.9 Å². The smallest absolute Gasteiger partial charge is 0.178 e. The molecule has 1 aliphatic rings. The molecule has 1 aromatic heterocycles. The van der Waals surface area contributed by atoms with Crippen LogP contribution in [0.1, 0.15) is 55.6 Å². The van der Waals surface area contributed by atoms with Crippen molar-refractivity contribution in [1.29, 1.82) is 0 Å². The van der Waals surface area contributed by atoms with Gasteiger partial charge in [-0.1, -0.05) is 26.7 Å². The Morgan fingerprint density at radius 2 is 2.06 bits per heavy atom. The maximum Gasteiger partial charge on any atom is 0.178 e. The average molecular weight is 315 g/mol. The molecule has 0 atom stereocenters. The third-order valence-electron chi connectivity index (χ3n) is 3.64. The predicted octanol–water partition coefficient (Wildman–Crippen LogP) is 5.30. The molecule has 0 saturated heterocycles. The minimum atomic E-state index is -0.0571. The van der Waals surface area contributed by atoms with Crippen LogP contribution in [0, 0.1) is 11.3 Å². The fourth-order valence-electron chi connectivity index (χ4n) is 3.05. The lowest BCUT2D eigenvalue weighted by Crippen LogP contribution is -2.29. The topological polar surface area (TPSA) is 17.1 Å². The molecule has 1 fully saturated rings. The number of ketones is 1. The number of rotatable bonds is 4. The van der Waals surface area contributed by atoms with Gasteiger partial charge in [-0.25, -0.2) is 0 Å². The van der Waals surface area contributed by atoms with Crippen molar-refractivity contribution in [2.45, 2.75) is 46.0 Å². The van der Waals surface area contributed by atoms with E-state index in [-0.39, 0.29) is 5.41 Å². The Hall–Kier alpha value is -0.150. The van der Waals surface area contributed by atoms with E-state index < -0.39 is 0 Å². The number of Topliss-reactive ketones (excluding diaryl/α,β-unsaturated/α-hetero) is 1. The normalized spacial score (nSPS) is 18.8. The van der Waals surface area contributed by atoms with E-state index >= 15 is 0 Å². The van der Waals surface area contributed by atoms with E-state index in [9.17, 15) is 4.79 Å². The van der Waals surface area contributed by atoms with E-state index in [4.69, 9.17) is 0 Å². The van der Waals surface area contributed by atoms with Crippen molar-refractivity contribution < 1.29 is 4.79 Å². The Bertz CT molecular complexity index is 402. The highest BCUT2D eigenvalue weighted by atomic mass is 79.9. The Kier molecular flexibility index (Phi) is 4.09. The van der Waals surface area contributed by atoms with E-state index in [0.29, 0.717) is 11.7 Å². The maximum atomic E-state index is 12.7. The number of halogens is 1. The Labute approximate surface area is 116 Å². The number of carbonyl (C=O) groups excluding carboxylic acids is 1. The number of carbonyl (C=O) groups is 1. The zero-order valence-electron chi connectivity index (χ0n) is 10.5. The molecule has 1 aromatic rings. The molecule has 1 saturated carbocycles. The molecule has 2 rings (SSSR count). The molecule has 1 heterocycles. The van der Waals surface area contributed by atoms with Crippen LogP contribution in [0.3, 0.4) is 0 Å². The Morgan fingerprint density at radius 3 is 2.53 bits per heavy atom. The fourth-order valence-corrected chi connectivity index (χ4v) is 4.50. The van der Waals surface area contributed by atoms with Crippen molar-refractivity contribution >= 4 is 33.0 Å². The quantitative estimate of drug-likeness (QED) is 0.689. The summed E-state index contributed by atoms with van der Waals surface area (Å²) in [6.45, 7) is 4.44. The number of hydrogen-bond acceptors (Lipinski definition) is 2. The van der Waals surface area contributed by atoms with Crippen molar-refractivity contribution in [3.63, 3.8) is 0 Å². The maximum absolute atomic E-state index is 12.7. The van der Waals surface area contributed by atoms with Gasteiger partial charge >= 0.3 is 0 Å². The van der Waals surface area contributed by atoms with E-state index in [1.165, 1.54) is 12.8 Å². The van der Waals surface area contributed by atoms with Gasteiger partial charge in [0.25, 0.3) is 0 Å². The van der Waals surface area contributed by atoms with E-state index in [1.807, 2.05) is 12.1 Å². The van der Waals surface area contributed by atoms with Gasteiger partial charge in [0.15, 0.2) is 5.78 Å².